The molecule has 0 bridgehead atoms. The molecule has 4 heteroatoms. The summed E-state index contributed by atoms with van der Waals surface area (Å²) in [6, 6.07) is 0. The fourth-order valence-corrected chi connectivity index (χ4v) is 1.14. The monoisotopic (exact) mass is 201 g/mol. The van der Waals surface area contributed by atoms with Gasteiger partial charge in [0.1, 0.15) is 0 Å². The highest BCUT2D eigenvalue weighted by Crippen LogP contribution is 1.98. The van der Waals surface area contributed by atoms with Crippen LogP contribution < -0.4 is 11.1 Å². The van der Waals surface area contributed by atoms with Crippen molar-refractivity contribution >= 4 is 5.91 Å². The van der Waals surface area contributed by atoms with Gasteiger partial charge in [0.25, 0.3) is 0 Å². The van der Waals surface area contributed by atoms with Gasteiger partial charge in [-0.15, -0.1) is 0 Å². The first kappa shape index (κ1) is 13.4. The minimum Gasteiger partial charge on any atom is -0.350 e. The minimum absolute atomic E-state index is 0.0667. The molecule has 0 aliphatic heterocycles. The molecule has 0 aromatic carbocycles. The van der Waals surface area contributed by atoms with Crippen molar-refractivity contribution in [1.82, 2.24) is 10.2 Å². The molecular formula is C10H23N3O. The predicted molar refractivity (Wildman–Crippen MR) is 59.1 cm³/mol. The number of amides is 1. The average Bonchev–Trinajstić information content (AvgIpc) is 1.96. The Morgan fingerprint density at radius 1 is 1.43 bits per heavy atom. The SMILES string of the molecule is CN(CCCN)CC(=O)NC(C)(C)C. The first-order valence-corrected chi connectivity index (χ1v) is 5.05. The summed E-state index contributed by atoms with van der Waals surface area (Å²) in [6.45, 7) is 7.91. The Hall–Kier alpha value is -0.610. The molecule has 3 N–H and O–H groups in total. The van der Waals surface area contributed by atoms with Crippen molar-refractivity contribution in [3.8, 4) is 0 Å². The Kier molecular flexibility index (Phi) is 5.72. The first-order valence-electron chi connectivity index (χ1n) is 5.05. The van der Waals surface area contributed by atoms with E-state index in [1.807, 2.05) is 32.7 Å². The Bertz CT molecular complexity index is 175. The van der Waals surface area contributed by atoms with Gasteiger partial charge in [-0.25, -0.2) is 0 Å². The molecule has 0 aromatic rings. The maximum atomic E-state index is 11.4. The Morgan fingerprint density at radius 2 is 2.00 bits per heavy atom. The van der Waals surface area contributed by atoms with Crippen LogP contribution in [0.25, 0.3) is 0 Å². The summed E-state index contributed by atoms with van der Waals surface area (Å²) >= 11 is 0. The van der Waals surface area contributed by atoms with E-state index < -0.39 is 0 Å². The van der Waals surface area contributed by atoms with Gasteiger partial charge in [0, 0.05) is 5.54 Å². The zero-order valence-electron chi connectivity index (χ0n) is 9.76. The third-order valence-electron chi connectivity index (χ3n) is 1.67. The fraction of sp³-hybridized carbons (Fsp3) is 0.900. The van der Waals surface area contributed by atoms with Crippen LogP contribution in [0.5, 0.6) is 0 Å². The number of nitrogens with zero attached hydrogens (tertiary/aromatic N) is 1. The summed E-state index contributed by atoms with van der Waals surface area (Å²) in [5.74, 6) is 0.0667. The van der Waals surface area contributed by atoms with E-state index in [4.69, 9.17) is 5.73 Å². The van der Waals surface area contributed by atoms with Crippen LogP contribution in [0.2, 0.25) is 0 Å². The molecule has 84 valence electrons. The minimum atomic E-state index is -0.147. The molecule has 0 atom stereocenters. The summed E-state index contributed by atoms with van der Waals surface area (Å²) in [5.41, 5.74) is 5.24. The Labute approximate surface area is 86.8 Å². The largest absolute Gasteiger partial charge is 0.350 e. The summed E-state index contributed by atoms with van der Waals surface area (Å²) < 4.78 is 0. The van der Waals surface area contributed by atoms with Crippen molar-refractivity contribution in [1.29, 1.82) is 0 Å². The Balaban J connectivity index is 3.71. The number of hydrogen-bond acceptors (Lipinski definition) is 3. The molecule has 0 saturated carbocycles. The zero-order chi connectivity index (χ0) is 11.2. The van der Waals surface area contributed by atoms with Crippen molar-refractivity contribution in [2.24, 2.45) is 5.73 Å². The van der Waals surface area contributed by atoms with Gasteiger partial charge >= 0.3 is 0 Å². The molecule has 0 rings (SSSR count). The highest BCUT2D eigenvalue weighted by molar-refractivity contribution is 5.78. The van der Waals surface area contributed by atoms with E-state index in [1.165, 1.54) is 0 Å². The normalized spacial score (nSPS) is 11.9. The highest BCUT2D eigenvalue weighted by atomic mass is 16.2. The smallest absolute Gasteiger partial charge is 0.234 e. The fourth-order valence-electron chi connectivity index (χ4n) is 1.14. The Morgan fingerprint density at radius 3 is 2.43 bits per heavy atom. The van der Waals surface area contributed by atoms with Crippen LogP contribution in [0.1, 0.15) is 27.2 Å². The van der Waals surface area contributed by atoms with Crippen molar-refractivity contribution in [2.45, 2.75) is 32.7 Å². The summed E-state index contributed by atoms with van der Waals surface area (Å²) in [7, 11) is 1.93. The van der Waals surface area contributed by atoms with Crippen LogP contribution in [-0.2, 0) is 4.79 Å². The van der Waals surface area contributed by atoms with Crippen molar-refractivity contribution in [3.05, 3.63) is 0 Å². The number of likely N-dealkylation sites (N-methyl/N-ethyl adjacent to an activating group) is 1. The van der Waals surface area contributed by atoms with Gasteiger partial charge in [-0.2, -0.15) is 0 Å². The van der Waals surface area contributed by atoms with Crippen LogP contribution in [-0.4, -0.2) is 43.0 Å². The predicted octanol–water partition coefficient (Wildman–Crippen LogP) is 0.182. The first-order chi connectivity index (χ1) is 6.35. The van der Waals surface area contributed by atoms with Crippen molar-refractivity contribution < 1.29 is 4.79 Å². The van der Waals surface area contributed by atoms with E-state index in [1.54, 1.807) is 0 Å². The molecule has 0 aromatic heterocycles. The van der Waals surface area contributed by atoms with Crippen LogP contribution in [0.4, 0.5) is 0 Å². The van der Waals surface area contributed by atoms with Gasteiger partial charge in [0.05, 0.1) is 6.54 Å². The van der Waals surface area contributed by atoms with E-state index in [0.29, 0.717) is 13.1 Å². The zero-order valence-corrected chi connectivity index (χ0v) is 9.76. The molecule has 0 radical (unpaired) electrons. The van der Waals surface area contributed by atoms with E-state index >= 15 is 0 Å². The van der Waals surface area contributed by atoms with E-state index in [0.717, 1.165) is 13.0 Å². The number of carbonyl (C=O) groups excluding carboxylic acids is 1. The number of carbonyl (C=O) groups is 1. The average molecular weight is 201 g/mol. The molecule has 4 nitrogen and oxygen atoms in total. The lowest BCUT2D eigenvalue weighted by molar-refractivity contribution is -0.123. The summed E-state index contributed by atoms with van der Waals surface area (Å²) in [4.78, 5) is 13.4. The quantitative estimate of drug-likeness (QED) is 0.667. The lowest BCUT2D eigenvalue weighted by Crippen LogP contribution is -2.45. The lowest BCUT2D eigenvalue weighted by Gasteiger charge is -2.23. The maximum absolute atomic E-state index is 11.4. The second-order valence-corrected chi connectivity index (χ2v) is 4.68. The number of rotatable bonds is 5. The molecule has 0 fully saturated rings. The van der Waals surface area contributed by atoms with Gasteiger partial charge in [0.15, 0.2) is 0 Å². The third-order valence-corrected chi connectivity index (χ3v) is 1.67. The van der Waals surface area contributed by atoms with Crippen molar-refractivity contribution in [3.63, 3.8) is 0 Å². The van der Waals surface area contributed by atoms with Crippen LogP contribution in [0, 0.1) is 0 Å². The lowest BCUT2D eigenvalue weighted by atomic mass is 10.1. The standard InChI is InChI=1S/C10H23N3O/c1-10(2,3)12-9(14)8-13(4)7-5-6-11/h5-8,11H2,1-4H3,(H,12,14). The highest BCUT2D eigenvalue weighted by Gasteiger charge is 2.14. The second kappa shape index (κ2) is 5.98. The van der Waals surface area contributed by atoms with E-state index in [9.17, 15) is 4.79 Å². The molecule has 0 aliphatic carbocycles. The molecule has 0 aliphatic rings. The van der Waals surface area contributed by atoms with E-state index in [-0.39, 0.29) is 11.4 Å². The molecular weight excluding hydrogens is 178 g/mol. The molecule has 0 spiro atoms. The number of hydrogen-bond donors (Lipinski definition) is 2. The van der Waals surface area contributed by atoms with Gasteiger partial charge in [0.2, 0.25) is 5.91 Å². The van der Waals surface area contributed by atoms with Gasteiger partial charge in [-0.05, 0) is 47.3 Å². The van der Waals surface area contributed by atoms with Crippen LogP contribution >= 0.6 is 0 Å². The molecule has 1 amide bonds. The molecule has 14 heavy (non-hydrogen) atoms. The maximum Gasteiger partial charge on any atom is 0.234 e. The van der Waals surface area contributed by atoms with Crippen LogP contribution in [0.15, 0.2) is 0 Å². The third kappa shape index (κ3) is 8.01. The number of nitrogens with one attached hydrogen (secondary N) is 1. The van der Waals surface area contributed by atoms with Gasteiger partial charge < -0.3 is 11.1 Å². The van der Waals surface area contributed by atoms with Gasteiger partial charge in [-0.3, -0.25) is 9.69 Å². The number of nitrogens with two attached hydrogens (primary N) is 1. The summed E-state index contributed by atoms with van der Waals surface area (Å²) in [5, 5.41) is 2.91. The van der Waals surface area contributed by atoms with Crippen molar-refractivity contribution in [2.75, 3.05) is 26.7 Å². The summed E-state index contributed by atoms with van der Waals surface area (Å²) in [6.07, 6.45) is 0.930. The second-order valence-electron chi connectivity index (χ2n) is 4.68. The molecule has 0 unspecified atom stereocenters. The topological polar surface area (TPSA) is 58.4 Å². The van der Waals surface area contributed by atoms with Crippen LogP contribution in [0.3, 0.4) is 0 Å². The van der Waals surface area contributed by atoms with E-state index in [2.05, 4.69) is 5.32 Å². The molecule has 0 heterocycles. The van der Waals surface area contributed by atoms with Gasteiger partial charge in [-0.1, -0.05) is 0 Å². The molecule has 0 saturated heterocycles.